The van der Waals surface area contributed by atoms with Gasteiger partial charge >= 0.3 is 0 Å². The molecule has 0 aliphatic heterocycles. The molecule has 1 aromatic heterocycles. The first-order valence-electron chi connectivity index (χ1n) is 10.3. The minimum absolute atomic E-state index is 0.00618. The van der Waals surface area contributed by atoms with Gasteiger partial charge in [-0.2, -0.15) is 0 Å². The highest BCUT2D eigenvalue weighted by Crippen LogP contribution is 2.32. The molecule has 31 heavy (non-hydrogen) atoms. The summed E-state index contributed by atoms with van der Waals surface area (Å²) in [4.78, 5) is 15.9. The minimum Gasteiger partial charge on any atom is -0.497 e. The number of ether oxygens (including phenoxy) is 1. The quantitative estimate of drug-likeness (QED) is 0.444. The zero-order valence-corrected chi connectivity index (χ0v) is 17.4. The van der Waals surface area contributed by atoms with Crippen LogP contribution in [0.15, 0.2) is 78.9 Å². The van der Waals surface area contributed by atoms with Gasteiger partial charge in [-0.3, -0.25) is 4.79 Å². The molecule has 1 heterocycles. The van der Waals surface area contributed by atoms with Crippen LogP contribution in [0.25, 0.3) is 22.2 Å². The standard InChI is InChI=1S/C27H24N2O2/c1-31-22-15-13-21(14-16-22)27-24(23-11-5-6-12-25(23)29-27)17-18-26(30)28-19-7-10-20-8-3-2-4-9-20/h2-6,8-9,11-16,29H,17-19H2,1H3,(H,28,30). The fourth-order valence-corrected chi connectivity index (χ4v) is 3.60. The van der Waals surface area contributed by atoms with Crippen LogP contribution in [0, 0.1) is 11.8 Å². The number of amides is 1. The van der Waals surface area contributed by atoms with Crippen LogP contribution in [-0.2, 0) is 11.2 Å². The Labute approximate surface area is 182 Å². The highest BCUT2D eigenvalue weighted by molar-refractivity contribution is 5.91. The lowest BCUT2D eigenvalue weighted by Gasteiger charge is -2.07. The Bertz CT molecular complexity index is 1230. The predicted octanol–water partition coefficient (Wildman–Crippen LogP) is 4.94. The number of aryl methyl sites for hydroxylation is 1. The molecule has 0 saturated carbocycles. The molecule has 2 N–H and O–H groups in total. The van der Waals surface area contributed by atoms with E-state index in [4.69, 9.17) is 4.74 Å². The predicted molar refractivity (Wildman–Crippen MR) is 125 cm³/mol. The van der Waals surface area contributed by atoms with Gasteiger partial charge in [0.1, 0.15) is 5.75 Å². The smallest absolute Gasteiger partial charge is 0.221 e. The summed E-state index contributed by atoms with van der Waals surface area (Å²) in [7, 11) is 1.66. The van der Waals surface area contributed by atoms with Crippen molar-refractivity contribution in [3.8, 4) is 28.8 Å². The topological polar surface area (TPSA) is 54.1 Å². The maximum Gasteiger partial charge on any atom is 0.221 e. The summed E-state index contributed by atoms with van der Waals surface area (Å²) < 4.78 is 5.27. The van der Waals surface area contributed by atoms with Crippen LogP contribution >= 0.6 is 0 Å². The first kappa shape index (κ1) is 20.3. The summed E-state index contributed by atoms with van der Waals surface area (Å²) in [5, 5.41) is 4.04. The van der Waals surface area contributed by atoms with Crippen molar-refractivity contribution in [1.82, 2.24) is 10.3 Å². The number of aromatic amines is 1. The number of aromatic nitrogens is 1. The number of carbonyl (C=O) groups excluding carboxylic acids is 1. The summed E-state index contributed by atoms with van der Waals surface area (Å²) >= 11 is 0. The average molecular weight is 409 g/mol. The molecule has 154 valence electrons. The summed E-state index contributed by atoms with van der Waals surface area (Å²) in [5.41, 5.74) is 5.27. The molecule has 0 aliphatic carbocycles. The molecule has 0 spiro atoms. The number of benzene rings is 3. The molecule has 0 unspecified atom stereocenters. The molecule has 0 saturated heterocycles. The van der Waals surface area contributed by atoms with Gasteiger partial charge in [0.2, 0.25) is 5.91 Å². The molecular weight excluding hydrogens is 384 g/mol. The molecule has 3 aromatic carbocycles. The van der Waals surface area contributed by atoms with E-state index in [-0.39, 0.29) is 5.91 Å². The normalized spacial score (nSPS) is 10.4. The van der Waals surface area contributed by atoms with Crippen LogP contribution in [0.1, 0.15) is 17.5 Å². The SMILES string of the molecule is COc1ccc(-c2[nH]c3ccccc3c2CCC(=O)NCC#Cc2ccccc2)cc1. The van der Waals surface area contributed by atoms with Crippen LogP contribution in [0.4, 0.5) is 0 Å². The van der Waals surface area contributed by atoms with E-state index in [1.54, 1.807) is 7.11 Å². The lowest BCUT2D eigenvalue weighted by Crippen LogP contribution is -2.23. The number of carbonyl (C=O) groups is 1. The van der Waals surface area contributed by atoms with Gasteiger partial charge in [-0.15, -0.1) is 0 Å². The largest absolute Gasteiger partial charge is 0.497 e. The van der Waals surface area contributed by atoms with Crippen molar-refractivity contribution in [3.05, 3.63) is 90.0 Å². The van der Waals surface area contributed by atoms with E-state index >= 15 is 0 Å². The van der Waals surface area contributed by atoms with Crippen LogP contribution < -0.4 is 10.1 Å². The van der Waals surface area contributed by atoms with Gasteiger partial charge in [-0.25, -0.2) is 0 Å². The first-order chi connectivity index (χ1) is 15.2. The van der Waals surface area contributed by atoms with Gasteiger partial charge in [0.05, 0.1) is 13.7 Å². The molecule has 1 amide bonds. The Hall–Kier alpha value is -3.97. The number of methoxy groups -OCH3 is 1. The Morgan fingerprint density at radius 1 is 0.968 bits per heavy atom. The number of H-pyrrole nitrogens is 1. The van der Waals surface area contributed by atoms with Crippen molar-refractivity contribution in [2.24, 2.45) is 0 Å². The number of rotatable bonds is 6. The Balaban J connectivity index is 1.46. The molecule has 0 radical (unpaired) electrons. The van der Waals surface area contributed by atoms with E-state index in [2.05, 4.69) is 34.3 Å². The highest BCUT2D eigenvalue weighted by Gasteiger charge is 2.14. The number of hydrogen-bond acceptors (Lipinski definition) is 2. The molecular formula is C27H24N2O2. The molecule has 4 aromatic rings. The number of nitrogens with one attached hydrogen (secondary N) is 2. The Morgan fingerprint density at radius 3 is 2.48 bits per heavy atom. The van der Waals surface area contributed by atoms with Crippen LogP contribution in [-0.4, -0.2) is 24.5 Å². The van der Waals surface area contributed by atoms with Gasteiger partial charge in [0.25, 0.3) is 0 Å². The first-order valence-corrected chi connectivity index (χ1v) is 10.3. The second-order valence-electron chi connectivity index (χ2n) is 7.20. The molecule has 4 rings (SSSR count). The van der Waals surface area contributed by atoms with Crippen LogP contribution in [0.5, 0.6) is 5.75 Å². The van der Waals surface area contributed by atoms with Crippen molar-refractivity contribution < 1.29 is 9.53 Å². The highest BCUT2D eigenvalue weighted by atomic mass is 16.5. The van der Waals surface area contributed by atoms with Gasteiger partial charge in [0, 0.05) is 28.6 Å². The molecule has 0 atom stereocenters. The lowest BCUT2D eigenvalue weighted by atomic mass is 10.0. The van der Waals surface area contributed by atoms with Crippen molar-refractivity contribution >= 4 is 16.8 Å². The Morgan fingerprint density at radius 2 is 1.71 bits per heavy atom. The van der Waals surface area contributed by atoms with Gasteiger partial charge in [0.15, 0.2) is 0 Å². The maximum absolute atomic E-state index is 12.4. The van der Waals surface area contributed by atoms with Crippen molar-refractivity contribution in [2.45, 2.75) is 12.8 Å². The fourth-order valence-electron chi connectivity index (χ4n) is 3.60. The van der Waals surface area contributed by atoms with Crippen LogP contribution in [0.3, 0.4) is 0 Å². The van der Waals surface area contributed by atoms with Crippen molar-refractivity contribution in [3.63, 3.8) is 0 Å². The summed E-state index contributed by atoms with van der Waals surface area (Å²) in [6, 6.07) is 25.9. The number of hydrogen-bond donors (Lipinski definition) is 2. The van der Waals surface area contributed by atoms with Crippen molar-refractivity contribution in [1.29, 1.82) is 0 Å². The molecule has 0 aliphatic rings. The fraction of sp³-hybridized carbons (Fsp3) is 0.148. The van der Waals surface area contributed by atoms with E-state index in [0.717, 1.165) is 39.0 Å². The second-order valence-corrected chi connectivity index (χ2v) is 7.20. The van der Waals surface area contributed by atoms with Gasteiger partial charge in [-0.05, 0) is 60.0 Å². The average Bonchev–Trinajstić information content (AvgIpc) is 3.20. The zero-order valence-electron chi connectivity index (χ0n) is 17.4. The van der Waals surface area contributed by atoms with Crippen LogP contribution in [0.2, 0.25) is 0 Å². The Kier molecular flexibility index (Phi) is 6.35. The third kappa shape index (κ3) is 4.96. The monoisotopic (exact) mass is 408 g/mol. The number of fused-ring (bicyclic) bond motifs is 1. The molecule has 0 bridgehead atoms. The van der Waals surface area contributed by atoms with E-state index in [1.165, 1.54) is 0 Å². The second kappa shape index (κ2) is 9.69. The summed E-state index contributed by atoms with van der Waals surface area (Å²) in [5.74, 6) is 6.87. The molecule has 4 heteroatoms. The van der Waals surface area contributed by atoms with Gasteiger partial charge < -0.3 is 15.0 Å². The van der Waals surface area contributed by atoms with Crippen molar-refractivity contribution in [2.75, 3.05) is 13.7 Å². The van der Waals surface area contributed by atoms with E-state index in [1.807, 2.05) is 66.7 Å². The molecule has 0 fully saturated rings. The third-order valence-electron chi connectivity index (χ3n) is 5.17. The maximum atomic E-state index is 12.4. The lowest BCUT2D eigenvalue weighted by molar-refractivity contribution is -0.120. The molecule has 4 nitrogen and oxygen atoms in total. The zero-order chi connectivity index (χ0) is 21.5. The minimum atomic E-state index is -0.00618. The summed E-state index contributed by atoms with van der Waals surface area (Å²) in [6.07, 6.45) is 1.04. The van der Waals surface area contributed by atoms with E-state index in [0.29, 0.717) is 19.4 Å². The number of para-hydroxylation sites is 1. The van der Waals surface area contributed by atoms with E-state index in [9.17, 15) is 4.79 Å². The van der Waals surface area contributed by atoms with Gasteiger partial charge in [-0.1, -0.05) is 48.2 Å². The van der Waals surface area contributed by atoms with E-state index < -0.39 is 0 Å². The third-order valence-corrected chi connectivity index (χ3v) is 5.17. The summed E-state index contributed by atoms with van der Waals surface area (Å²) in [6.45, 7) is 0.340.